The summed E-state index contributed by atoms with van der Waals surface area (Å²) in [6.45, 7) is 2.04. The first-order chi connectivity index (χ1) is 12.2. The fourth-order valence-electron chi connectivity index (χ4n) is 2.23. The van der Waals surface area contributed by atoms with Gasteiger partial charge >= 0.3 is 0 Å². The molecule has 2 aromatic carbocycles. The lowest BCUT2D eigenvalue weighted by Gasteiger charge is -2.05. The number of amides is 2. The van der Waals surface area contributed by atoms with Gasteiger partial charge in [0.2, 0.25) is 5.89 Å². The second kappa shape index (κ2) is 7.44. The van der Waals surface area contributed by atoms with Crippen LogP contribution in [-0.4, -0.2) is 16.8 Å². The molecule has 1 aromatic heterocycles. The van der Waals surface area contributed by atoms with Crippen LogP contribution in [0.15, 0.2) is 59.0 Å². The lowest BCUT2D eigenvalue weighted by Crippen LogP contribution is -2.40. The summed E-state index contributed by atoms with van der Waals surface area (Å²) in [6.07, 6.45) is 3.59. The third-order valence-corrected chi connectivity index (χ3v) is 3.61. The van der Waals surface area contributed by atoms with Crippen molar-refractivity contribution in [2.24, 2.45) is 0 Å². The monoisotopic (exact) mass is 335 g/mol. The van der Waals surface area contributed by atoms with Crippen molar-refractivity contribution in [3.63, 3.8) is 0 Å². The van der Waals surface area contributed by atoms with Crippen LogP contribution in [0.25, 0.3) is 17.2 Å². The average Bonchev–Trinajstić information content (AvgIpc) is 3.07. The van der Waals surface area contributed by atoms with E-state index in [2.05, 4.69) is 15.8 Å². The minimum absolute atomic E-state index is 0.317. The molecule has 0 aliphatic heterocycles. The molecule has 6 heteroatoms. The fraction of sp³-hybridized carbons (Fsp3) is 0.105. The van der Waals surface area contributed by atoms with E-state index in [0.717, 1.165) is 12.0 Å². The number of aromatic nitrogens is 1. The predicted molar refractivity (Wildman–Crippen MR) is 94.5 cm³/mol. The molecule has 2 amide bonds. The number of para-hydroxylation sites is 2. The fourth-order valence-corrected chi connectivity index (χ4v) is 2.23. The zero-order valence-electron chi connectivity index (χ0n) is 13.7. The third kappa shape index (κ3) is 4.11. The highest BCUT2D eigenvalue weighted by Crippen LogP contribution is 2.15. The molecular formula is C19H17N3O3. The molecule has 0 bridgehead atoms. The summed E-state index contributed by atoms with van der Waals surface area (Å²) in [5, 5.41) is 0. The summed E-state index contributed by atoms with van der Waals surface area (Å²) < 4.78 is 5.47. The summed E-state index contributed by atoms with van der Waals surface area (Å²) in [6, 6.07) is 14.5. The maximum Gasteiger partial charge on any atom is 0.269 e. The van der Waals surface area contributed by atoms with Gasteiger partial charge in [-0.3, -0.25) is 20.4 Å². The zero-order valence-corrected chi connectivity index (χ0v) is 13.7. The van der Waals surface area contributed by atoms with Gasteiger partial charge in [0.1, 0.15) is 5.52 Å². The average molecular weight is 335 g/mol. The number of aryl methyl sites for hydroxylation is 1. The van der Waals surface area contributed by atoms with Gasteiger partial charge in [-0.2, -0.15) is 0 Å². The normalized spacial score (nSPS) is 10.9. The summed E-state index contributed by atoms with van der Waals surface area (Å²) in [5.74, 6) is -0.551. The number of rotatable bonds is 4. The van der Waals surface area contributed by atoms with Crippen LogP contribution in [0.2, 0.25) is 0 Å². The van der Waals surface area contributed by atoms with Crippen LogP contribution >= 0.6 is 0 Å². The largest absolute Gasteiger partial charge is 0.437 e. The quantitative estimate of drug-likeness (QED) is 0.567. The number of benzene rings is 2. The third-order valence-electron chi connectivity index (χ3n) is 3.61. The number of carbonyl (C=O) groups is 2. The van der Waals surface area contributed by atoms with E-state index < -0.39 is 5.91 Å². The highest BCUT2D eigenvalue weighted by Gasteiger charge is 2.06. The van der Waals surface area contributed by atoms with Gasteiger partial charge < -0.3 is 4.42 Å². The van der Waals surface area contributed by atoms with Gasteiger partial charge in [-0.15, -0.1) is 0 Å². The Balaban J connectivity index is 1.55. The van der Waals surface area contributed by atoms with Crippen LogP contribution in [0.4, 0.5) is 0 Å². The molecular weight excluding hydrogens is 318 g/mol. The van der Waals surface area contributed by atoms with Crippen LogP contribution < -0.4 is 10.9 Å². The first-order valence-corrected chi connectivity index (χ1v) is 7.88. The number of oxazole rings is 1. The van der Waals surface area contributed by atoms with Crippen molar-refractivity contribution in [1.82, 2.24) is 15.8 Å². The van der Waals surface area contributed by atoms with Crippen molar-refractivity contribution in [3.8, 4) is 0 Å². The molecule has 0 aliphatic carbocycles. The number of hydrogen-bond donors (Lipinski definition) is 2. The minimum Gasteiger partial charge on any atom is -0.437 e. The lowest BCUT2D eigenvalue weighted by molar-refractivity contribution is -0.117. The first kappa shape index (κ1) is 16.4. The maximum atomic E-state index is 12.0. The lowest BCUT2D eigenvalue weighted by atomic mass is 10.1. The molecule has 0 saturated heterocycles. The van der Waals surface area contributed by atoms with E-state index in [-0.39, 0.29) is 5.91 Å². The molecule has 1 heterocycles. The van der Waals surface area contributed by atoms with Crippen LogP contribution in [0.1, 0.15) is 28.7 Å². The number of hydrogen-bond acceptors (Lipinski definition) is 4. The Bertz CT molecular complexity index is 893. The van der Waals surface area contributed by atoms with Gasteiger partial charge in [-0.05, 0) is 36.2 Å². The van der Waals surface area contributed by atoms with Crippen LogP contribution in [0.3, 0.4) is 0 Å². The van der Waals surface area contributed by atoms with Gasteiger partial charge in [0.05, 0.1) is 0 Å². The molecule has 0 unspecified atom stereocenters. The number of nitrogens with one attached hydrogen (secondary N) is 2. The maximum absolute atomic E-state index is 12.0. The van der Waals surface area contributed by atoms with E-state index in [1.807, 2.05) is 37.3 Å². The van der Waals surface area contributed by atoms with E-state index in [1.54, 1.807) is 18.2 Å². The Morgan fingerprint density at radius 2 is 1.84 bits per heavy atom. The first-order valence-electron chi connectivity index (χ1n) is 7.88. The second-order valence-corrected chi connectivity index (χ2v) is 5.35. The smallest absolute Gasteiger partial charge is 0.269 e. The van der Waals surface area contributed by atoms with Crippen molar-refractivity contribution in [2.45, 2.75) is 13.3 Å². The highest BCUT2D eigenvalue weighted by molar-refractivity contribution is 5.97. The summed E-state index contributed by atoms with van der Waals surface area (Å²) >= 11 is 0. The molecule has 126 valence electrons. The van der Waals surface area contributed by atoms with Crippen molar-refractivity contribution >= 4 is 29.0 Å². The van der Waals surface area contributed by atoms with E-state index in [9.17, 15) is 9.59 Å². The Kier molecular flexibility index (Phi) is 4.89. The Hall–Kier alpha value is -3.41. The highest BCUT2D eigenvalue weighted by atomic mass is 16.3. The van der Waals surface area contributed by atoms with Crippen molar-refractivity contribution in [2.75, 3.05) is 0 Å². The molecule has 3 rings (SSSR count). The molecule has 25 heavy (non-hydrogen) atoms. The number of fused-ring (bicyclic) bond motifs is 1. The summed E-state index contributed by atoms with van der Waals surface area (Å²) in [5.41, 5.74) is 7.65. The van der Waals surface area contributed by atoms with Crippen LogP contribution in [-0.2, 0) is 11.2 Å². The second-order valence-electron chi connectivity index (χ2n) is 5.35. The van der Waals surface area contributed by atoms with Gasteiger partial charge in [-0.1, -0.05) is 31.2 Å². The molecule has 0 saturated carbocycles. The molecule has 0 atom stereocenters. The molecule has 2 N–H and O–H groups in total. The predicted octanol–water partition coefficient (Wildman–Crippen LogP) is 2.86. The molecule has 0 radical (unpaired) electrons. The standard InChI is InChI=1S/C19H17N3O3/c1-2-13-7-9-14(10-8-13)19(24)22-21-17(23)11-12-18-20-15-5-3-4-6-16(15)25-18/h3-12H,2H2,1H3,(H,21,23)(H,22,24). The topological polar surface area (TPSA) is 84.2 Å². The van der Waals surface area contributed by atoms with E-state index in [1.165, 1.54) is 12.2 Å². The number of carbonyl (C=O) groups excluding carboxylic acids is 2. The van der Waals surface area contributed by atoms with Gasteiger partial charge in [-0.25, -0.2) is 4.98 Å². The number of nitrogens with zero attached hydrogens (tertiary/aromatic N) is 1. The summed E-state index contributed by atoms with van der Waals surface area (Å²) in [7, 11) is 0. The molecule has 0 aliphatic rings. The zero-order chi connectivity index (χ0) is 17.6. The van der Waals surface area contributed by atoms with Gasteiger partial charge in [0, 0.05) is 17.7 Å². The summed E-state index contributed by atoms with van der Waals surface area (Å²) in [4.78, 5) is 28.0. The Morgan fingerprint density at radius 1 is 1.08 bits per heavy atom. The van der Waals surface area contributed by atoms with Crippen molar-refractivity contribution < 1.29 is 14.0 Å². The number of hydrazine groups is 1. The van der Waals surface area contributed by atoms with Gasteiger partial charge in [0.25, 0.3) is 11.8 Å². The van der Waals surface area contributed by atoms with Gasteiger partial charge in [0.15, 0.2) is 5.58 Å². The molecule has 0 fully saturated rings. The Morgan fingerprint density at radius 3 is 2.56 bits per heavy atom. The minimum atomic E-state index is -0.485. The van der Waals surface area contributed by atoms with E-state index in [4.69, 9.17) is 4.42 Å². The molecule has 6 nitrogen and oxygen atoms in total. The molecule has 0 spiro atoms. The van der Waals surface area contributed by atoms with Crippen molar-refractivity contribution in [3.05, 3.63) is 71.6 Å². The van der Waals surface area contributed by atoms with Crippen LogP contribution in [0.5, 0.6) is 0 Å². The van der Waals surface area contributed by atoms with E-state index >= 15 is 0 Å². The Labute approximate surface area is 144 Å². The van der Waals surface area contributed by atoms with Crippen molar-refractivity contribution in [1.29, 1.82) is 0 Å². The molecule has 3 aromatic rings. The van der Waals surface area contributed by atoms with Crippen LogP contribution in [0, 0.1) is 0 Å². The van der Waals surface area contributed by atoms with E-state index in [0.29, 0.717) is 22.6 Å². The SMILES string of the molecule is CCc1ccc(C(=O)NNC(=O)C=Cc2nc3ccccc3o2)cc1.